The molecule has 0 radical (unpaired) electrons. The molecule has 2 aromatic carbocycles. The number of anilines is 1. The Kier molecular flexibility index (Phi) is 5.76. The third-order valence-corrected chi connectivity index (χ3v) is 6.42. The number of allylic oxidation sites excluding steroid dienone is 1. The monoisotopic (exact) mass is 451 g/mol. The van der Waals surface area contributed by atoms with E-state index < -0.39 is 6.35 Å². The van der Waals surface area contributed by atoms with Crippen molar-refractivity contribution >= 4 is 29.1 Å². The number of carbonyl (C=O) groups excluding carboxylic acids is 1. The molecule has 1 N–H and O–H groups in total. The van der Waals surface area contributed by atoms with Crippen molar-refractivity contribution in [2.45, 2.75) is 19.7 Å². The highest BCUT2D eigenvalue weighted by Gasteiger charge is 2.39. The van der Waals surface area contributed by atoms with Crippen LogP contribution in [-0.2, 0) is 9.53 Å². The SMILES string of the molecule is CC1=C(CCN2CCN(c3ccccc3)CC2)C(=O)N2N=C(c3ccc(Cl)cc3)OC2N1. The van der Waals surface area contributed by atoms with Gasteiger partial charge in [0, 0.05) is 60.3 Å². The number of nitrogens with zero attached hydrogens (tertiary/aromatic N) is 4. The number of amides is 1. The van der Waals surface area contributed by atoms with Crippen molar-refractivity contribution in [1.29, 1.82) is 0 Å². The van der Waals surface area contributed by atoms with Crippen molar-refractivity contribution in [2.75, 3.05) is 37.6 Å². The fourth-order valence-electron chi connectivity index (χ4n) is 4.29. The molecule has 1 saturated heterocycles. The van der Waals surface area contributed by atoms with Crippen molar-refractivity contribution < 1.29 is 9.53 Å². The molecule has 8 heteroatoms. The number of ether oxygens (including phenoxy) is 1. The first-order valence-corrected chi connectivity index (χ1v) is 11.3. The van der Waals surface area contributed by atoms with E-state index in [0.717, 1.165) is 49.6 Å². The molecule has 32 heavy (non-hydrogen) atoms. The number of hydrazone groups is 1. The highest BCUT2D eigenvalue weighted by molar-refractivity contribution is 6.30. The van der Waals surface area contributed by atoms with Crippen molar-refractivity contribution in [3.63, 3.8) is 0 Å². The van der Waals surface area contributed by atoms with Gasteiger partial charge in [0.05, 0.1) is 0 Å². The maximum atomic E-state index is 13.2. The molecule has 0 aliphatic carbocycles. The molecule has 5 rings (SSSR count). The van der Waals surface area contributed by atoms with Gasteiger partial charge in [0.15, 0.2) is 0 Å². The zero-order chi connectivity index (χ0) is 22.1. The Morgan fingerprint density at radius 1 is 1.06 bits per heavy atom. The number of nitrogens with one attached hydrogen (secondary N) is 1. The number of halogens is 1. The summed E-state index contributed by atoms with van der Waals surface area (Å²) in [5.41, 5.74) is 3.67. The second-order valence-corrected chi connectivity index (χ2v) is 8.63. The Balaban J connectivity index is 1.19. The first-order valence-electron chi connectivity index (χ1n) is 10.9. The predicted octanol–water partition coefficient (Wildman–Crippen LogP) is 3.23. The summed E-state index contributed by atoms with van der Waals surface area (Å²) in [6.07, 6.45) is 0.0734. The molecule has 1 amide bonds. The van der Waals surface area contributed by atoms with E-state index in [9.17, 15) is 4.79 Å². The summed E-state index contributed by atoms with van der Waals surface area (Å²) in [6.45, 7) is 6.72. The molecule has 2 aromatic rings. The van der Waals surface area contributed by atoms with E-state index in [2.05, 4.69) is 44.5 Å². The van der Waals surface area contributed by atoms with E-state index in [0.29, 0.717) is 17.3 Å². The highest BCUT2D eigenvalue weighted by atomic mass is 35.5. The van der Waals surface area contributed by atoms with Gasteiger partial charge < -0.3 is 15.0 Å². The number of piperazine rings is 1. The first kappa shape index (κ1) is 20.8. The third-order valence-electron chi connectivity index (χ3n) is 6.17. The second kappa shape index (κ2) is 8.84. The van der Waals surface area contributed by atoms with Crippen LogP contribution in [0, 0.1) is 0 Å². The number of carbonyl (C=O) groups is 1. The second-order valence-electron chi connectivity index (χ2n) is 8.19. The Morgan fingerprint density at radius 3 is 2.50 bits per heavy atom. The van der Waals surface area contributed by atoms with Crippen LogP contribution in [0.2, 0.25) is 5.02 Å². The standard InChI is InChI=1S/C24H26ClN5O2/c1-17-21(11-12-28-13-15-29(16-14-28)20-5-3-2-4-6-20)23(31)30-24(26-17)32-22(27-30)18-7-9-19(25)10-8-18/h2-10,24,26H,11-16H2,1H3. The average molecular weight is 452 g/mol. The molecule has 7 nitrogen and oxygen atoms in total. The normalized spacial score (nSPS) is 21.2. The Morgan fingerprint density at radius 2 is 1.78 bits per heavy atom. The summed E-state index contributed by atoms with van der Waals surface area (Å²) >= 11 is 5.97. The van der Waals surface area contributed by atoms with Crippen LogP contribution in [0.25, 0.3) is 0 Å². The van der Waals surface area contributed by atoms with Gasteiger partial charge in [0.25, 0.3) is 12.3 Å². The fourth-order valence-corrected chi connectivity index (χ4v) is 4.42. The van der Waals surface area contributed by atoms with Gasteiger partial charge in [0.1, 0.15) is 0 Å². The molecule has 3 heterocycles. The Bertz CT molecular complexity index is 1050. The lowest BCUT2D eigenvalue weighted by molar-refractivity contribution is -0.136. The number of benzene rings is 2. The van der Waals surface area contributed by atoms with Crippen LogP contribution >= 0.6 is 11.6 Å². The summed E-state index contributed by atoms with van der Waals surface area (Å²) in [7, 11) is 0. The van der Waals surface area contributed by atoms with Gasteiger partial charge >= 0.3 is 0 Å². The van der Waals surface area contributed by atoms with Gasteiger partial charge in [-0.15, -0.1) is 5.10 Å². The molecule has 3 aliphatic rings. The van der Waals surface area contributed by atoms with Crippen molar-refractivity contribution in [1.82, 2.24) is 15.2 Å². The van der Waals surface area contributed by atoms with E-state index in [1.165, 1.54) is 10.7 Å². The number of hydrogen-bond donors (Lipinski definition) is 1. The summed E-state index contributed by atoms with van der Waals surface area (Å²) in [4.78, 5) is 18.0. The van der Waals surface area contributed by atoms with Crippen LogP contribution in [0.3, 0.4) is 0 Å². The van der Waals surface area contributed by atoms with Crippen LogP contribution in [0.15, 0.2) is 71.0 Å². The van der Waals surface area contributed by atoms with Crippen LogP contribution in [0.5, 0.6) is 0 Å². The van der Waals surface area contributed by atoms with Gasteiger partial charge in [-0.25, -0.2) is 0 Å². The van der Waals surface area contributed by atoms with Gasteiger partial charge in [-0.05, 0) is 49.7 Å². The van der Waals surface area contributed by atoms with E-state index in [4.69, 9.17) is 16.3 Å². The summed E-state index contributed by atoms with van der Waals surface area (Å²) in [5, 5.41) is 9.76. The van der Waals surface area contributed by atoms with Crippen LogP contribution in [0.4, 0.5) is 5.69 Å². The number of fused-ring (bicyclic) bond motifs is 1. The van der Waals surface area contributed by atoms with Crippen LogP contribution in [0.1, 0.15) is 18.9 Å². The number of hydrogen-bond acceptors (Lipinski definition) is 6. The van der Waals surface area contributed by atoms with Crippen molar-refractivity contribution in [3.05, 3.63) is 76.5 Å². The lowest BCUT2D eigenvalue weighted by atomic mass is 10.1. The first-order chi connectivity index (χ1) is 15.6. The summed E-state index contributed by atoms with van der Waals surface area (Å²) < 4.78 is 5.88. The molecule has 1 unspecified atom stereocenters. The Hall–Kier alpha value is -3.03. The fraction of sp³-hybridized carbons (Fsp3) is 0.333. The van der Waals surface area contributed by atoms with E-state index in [-0.39, 0.29) is 5.91 Å². The molecular weight excluding hydrogens is 426 g/mol. The average Bonchev–Trinajstić information content (AvgIpc) is 3.24. The quantitative estimate of drug-likeness (QED) is 0.756. The van der Waals surface area contributed by atoms with E-state index in [1.54, 1.807) is 12.1 Å². The van der Waals surface area contributed by atoms with E-state index in [1.807, 2.05) is 25.1 Å². The van der Waals surface area contributed by atoms with Gasteiger partial charge in [-0.1, -0.05) is 29.8 Å². The number of rotatable bonds is 5. The molecular formula is C24H26ClN5O2. The third kappa shape index (κ3) is 4.18. The maximum Gasteiger partial charge on any atom is 0.276 e. The lowest BCUT2D eigenvalue weighted by Gasteiger charge is -2.36. The minimum atomic E-state index is -0.605. The minimum absolute atomic E-state index is 0.0989. The number of para-hydroxylation sites is 1. The van der Waals surface area contributed by atoms with Crippen molar-refractivity contribution in [2.24, 2.45) is 5.10 Å². The van der Waals surface area contributed by atoms with Crippen molar-refractivity contribution in [3.8, 4) is 0 Å². The molecule has 0 spiro atoms. The van der Waals surface area contributed by atoms with Crippen LogP contribution in [-0.4, -0.2) is 60.8 Å². The Labute approximate surface area is 192 Å². The van der Waals surface area contributed by atoms with Crippen LogP contribution < -0.4 is 10.2 Å². The zero-order valence-corrected chi connectivity index (χ0v) is 18.8. The van der Waals surface area contributed by atoms with E-state index >= 15 is 0 Å². The molecule has 166 valence electrons. The zero-order valence-electron chi connectivity index (χ0n) is 18.0. The molecule has 1 atom stereocenters. The summed E-state index contributed by atoms with van der Waals surface area (Å²) in [6, 6.07) is 17.7. The molecule has 0 saturated carbocycles. The molecule has 1 fully saturated rings. The minimum Gasteiger partial charge on any atom is -0.431 e. The van der Waals surface area contributed by atoms with Gasteiger partial charge in [-0.3, -0.25) is 9.69 Å². The molecule has 0 aromatic heterocycles. The maximum absolute atomic E-state index is 13.2. The highest BCUT2D eigenvalue weighted by Crippen LogP contribution is 2.26. The topological polar surface area (TPSA) is 60.4 Å². The smallest absolute Gasteiger partial charge is 0.276 e. The molecule has 0 bridgehead atoms. The van der Waals surface area contributed by atoms with Gasteiger partial charge in [-0.2, -0.15) is 5.01 Å². The molecule has 3 aliphatic heterocycles. The van der Waals surface area contributed by atoms with Gasteiger partial charge in [0.2, 0.25) is 5.90 Å². The lowest BCUT2D eigenvalue weighted by Crippen LogP contribution is -2.50. The largest absolute Gasteiger partial charge is 0.431 e. The summed E-state index contributed by atoms with van der Waals surface area (Å²) in [5.74, 6) is 0.316. The predicted molar refractivity (Wildman–Crippen MR) is 125 cm³/mol.